The summed E-state index contributed by atoms with van der Waals surface area (Å²) < 4.78 is 12.7. The molecule has 3 heterocycles. The largest absolute Gasteiger partial charge is 0.456 e. The van der Waals surface area contributed by atoms with Crippen LogP contribution in [-0.4, -0.2) is 8.07 Å². The average molecular weight is 849 g/mol. The van der Waals surface area contributed by atoms with E-state index in [0.717, 1.165) is 78.0 Å². The number of rotatable bonds is 8. The molecule has 0 spiro atoms. The molecule has 0 atom stereocenters. The van der Waals surface area contributed by atoms with Crippen LogP contribution in [0.15, 0.2) is 251 Å². The van der Waals surface area contributed by atoms with Crippen molar-refractivity contribution >= 4 is 107 Å². The van der Waals surface area contributed by atoms with Crippen LogP contribution in [0.3, 0.4) is 0 Å². The van der Waals surface area contributed by atoms with Gasteiger partial charge in [0.25, 0.3) is 0 Å². The van der Waals surface area contributed by atoms with Crippen LogP contribution in [0, 0.1) is 0 Å². The van der Waals surface area contributed by atoms with Crippen LogP contribution in [-0.2, 0) is 0 Å². The molecule has 0 fully saturated rings. The van der Waals surface area contributed by atoms with Gasteiger partial charge in [-0.25, -0.2) is 0 Å². The van der Waals surface area contributed by atoms with Crippen LogP contribution in [0.1, 0.15) is 0 Å². The van der Waals surface area contributed by atoms with Gasteiger partial charge >= 0.3 is 0 Å². The second-order valence-corrected chi connectivity index (χ2v) is 20.5. The number of anilines is 6. The highest BCUT2D eigenvalue weighted by Gasteiger charge is 2.50. The molecule has 0 aliphatic carbocycles. The molecule has 0 radical (unpaired) electrons. The molecule has 0 amide bonds. The number of hydrogen-bond donors (Lipinski definition) is 0. The highest BCUT2D eigenvalue weighted by Crippen LogP contribution is 2.46. The fourth-order valence-electron chi connectivity index (χ4n) is 10.6. The maximum atomic E-state index is 6.35. The molecule has 13 rings (SSSR count). The SMILES string of the molecule is c1ccc(N(c2ccc3c(c2)[Si](c2ccccc2)(c2ccccc2)c2cccc(N(c4ccccc4)c4ccc5oc6ccccc6c5c4)c2-3)c2ccc3oc4ccccc4c3c2)cc1. The van der Waals surface area contributed by atoms with Gasteiger partial charge in [0.15, 0.2) is 8.07 Å². The highest BCUT2D eigenvalue weighted by atomic mass is 28.3. The van der Waals surface area contributed by atoms with Crippen molar-refractivity contribution in [1.29, 1.82) is 0 Å². The second-order valence-electron chi connectivity index (χ2n) is 16.8. The quantitative estimate of drug-likeness (QED) is 0.143. The summed E-state index contributed by atoms with van der Waals surface area (Å²) in [5.74, 6) is 0. The normalized spacial score (nSPS) is 12.7. The van der Waals surface area contributed by atoms with Gasteiger partial charge in [0.2, 0.25) is 0 Å². The Balaban J connectivity index is 1.10. The Morgan fingerprint density at radius 3 is 1.31 bits per heavy atom. The third-order valence-corrected chi connectivity index (χ3v) is 18.1. The molecule has 10 aromatic carbocycles. The van der Waals surface area contributed by atoms with Crippen molar-refractivity contribution in [1.82, 2.24) is 0 Å². The van der Waals surface area contributed by atoms with Crippen molar-refractivity contribution in [3.8, 4) is 11.1 Å². The summed E-state index contributed by atoms with van der Waals surface area (Å²) in [4.78, 5) is 4.85. The molecule has 0 saturated carbocycles. The lowest BCUT2D eigenvalue weighted by atomic mass is 10.0. The fraction of sp³-hybridized carbons (Fsp3) is 0. The standard InChI is InChI=1S/C60H40N2O2Si/c1-5-18-41(19-6-1)61(43-33-36-56-51(38-43)48-26-13-15-29-54(48)63-56)45-32-35-50-59(40-45)65(46-22-9-3-10-23-46,47-24-11-4-12-25-47)58-31-17-28-53(60(50)58)62(42-20-7-2-8-21-42)44-34-37-57-52(39-44)49-27-14-16-30-55(49)64-57/h1-40H. The first kappa shape index (κ1) is 37.2. The predicted octanol–water partition coefficient (Wildman–Crippen LogP) is 13.8. The molecule has 5 heteroatoms. The van der Waals surface area contributed by atoms with Crippen LogP contribution >= 0.6 is 0 Å². The molecule has 4 nitrogen and oxygen atoms in total. The molecule has 0 saturated heterocycles. The lowest BCUT2D eigenvalue weighted by Gasteiger charge is -2.33. The maximum absolute atomic E-state index is 6.35. The number of fused-ring (bicyclic) bond motifs is 9. The van der Waals surface area contributed by atoms with E-state index >= 15 is 0 Å². The molecule has 65 heavy (non-hydrogen) atoms. The molecule has 12 aromatic rings. The van der Waals surface area contributed by atoms with Crippen molar-refractivity contribution in [2.45, 2.75) is 0 Å². The summed E-state index contributed by atoms with van der Waals surface area (Å²) in [6, 6.07) is 88.1. The van der Waals surface area contributed by atoms with Gasteiger partial charge in [-0.2, -0.15) is 0 Å². The molecule has 1 aliphatic heterocycles. The maximum Gasteiger partial charge on any atom is 0.181 e. The molecule has 306 valence electrons. The van der Waals surface area contributed by atoms with E-state index in [1.807, 2.05) is 24.3 Å². The van der Waals surface area contributed by atoms with Gasteiger partial charge < -0.3 is 18.6 Å². The van der Waals surface area contributed by atoms with E-state index in [9.17, 15) is 0 Å². The zero-order chi connectivity index (χ0) is 42.9. The van der Waals surface area contributed by atoms with Gasteiger partial charge in [0, 0.05) is 55.5 Å². The first-order chi connectivity index (χ1) is 32.2. The van der Waals surface area contributed by atoms with Crippen molar-refractivity contribution in [2.24, 2.45) is 0 Å². The van der Waals surface area contributed by atoms with Gasteiger partial charge in [0.1, 0.15) is 22.3 Å². The van der Waals surface area contributed by atoms with Gasteiger partial charge in [-0.1, -0.05) is 152 Å². The van der Waals surface area contributed by atoms with Crippen molar-refractivity contribution in [3.05, 3.63) is 243 Å². The van der Waals surface area contributed by atoms with E-state index in [-0.39, 0.29) is 0 Å². The summed E-state index contributed by atoms with van der Waals surface area (Å²) >= 11 is 0. The Morgan fingerprint density at radius 1 is 0.292 bits per heavy atom. The summed E-state index contributed by atoms with van der Waals surface area (Å²) in [5, 5.41) is 9.82. The van der Waals surface area contributed by atoms with E-state index in [1.54, 1.807) is 0 Å². The smallest absolute Gasteiger partial charge is 0.181 e. The highest BCUT2D eigenvalue weighted by molar-refractivity contribution is 7.22. The third kappa shape index (κ3) is 5.76. The minimum absolute atomic E-state index is 0.877. The molecule has 1 aliphatic rings. The van der Waals surface area contributed by atoms with E-state index in [4.69, 9.17) is 8.83 Å². The van der Waals surface area contributed by atoms with Gasteiger partial charge in [0.05, 0.1) is 5.69 Å². The van der Waals surface area contributed by atoms with E-state index in [2.05, 4.69) is 228 Å². The Labute approximate surface area is 377 Å². The monoisotopic (exact) mass is 848 g/mol. The Kier molecular flexibility index (Phi) is 8.51. The number of nitrogens with zero attached hydrogens (tertiary/aromatic N) is 2. The van der Waals surface area contributed by atoms with E-state index in [0.29, 0.717) is 0 Å². The minimum Gasteiger partial charge on any atom is -0.456 e. The zero-order valence-electron chi connectivity index (χ0n) is 35.3. The van der Waals surface area contributed by atoms with Crippen LogP contribution in [0.25, 0.3) is 55.0 Å². The zero-order valence-corrected chi connectivity index (χ0v) is 36.3. The predicted molar refractivity (Wildman–Crippen MR) is 273 cm³/mol. The first-order valence-electron chi connectivity index (χ1n) is 22.2. The molecule has 0 N–H and O–H groups in total. The average Bonchev–Trinajstić information content (AvgIpc) is 4.03. The molecular formula is C60H40N2O2Si. The van der Waals surface area contributed by atoms with Gasteiger partial charge in [-0.15, -0.1) is 0 Å². The van der Waals surface area contributed by atoms with Crippen LogP contribution < -0.4 is 30.5 Å². The Bertz CT molecular complexity index is 3690. The van der Waals surface area contributed by atoms with Crippen molar-refractivity contribution in [3.63, 3.8) is 0 Å². The number of hydrogen-bond acceptors (Lipinski definition) is 4. The second kappa shape index (κ2) is 14.9. The van der Waals surface area contributed by atoms with Crippen molar-refractivity contribution in [2.75, 3.05) is 9.80 Å². The molecule has 0 unspecified atom stereocenters. The fourth-order valence-corrected chi connectivity index (χ4v) is 15.8. The summed E-state index contributed by atoms with van der Waals surface area (Å²) in [5.41, 5.74) is 12.6. The first-order valence-corrected chi connectivity index (χ1v) is 24.2. The topological polar surface area (TPSA) is 32.8 Å². The molecular weight excluding hydrogens is 809 g/mol. The summed E-state index contributed by atoms with van der Waals surface area (Å²) in [6.07, 6.45) is 0. The van der Waals surface area contributed by atoms with Gasteiger partial charge in [-0.3, -0.25) is 0 Å². The molecule has 2 aromatic heterocycles. The lowest BCUT2D eigenvalue weighted by Crippen LogP contribution is -2.72. The third-order valence-electron chi connectivity index (χ3n) is 13.3. The lowest BCUT2D eigenvalue weighted by molar-refractivity contribution is 0.668. The number of benzene rings is 10. The molecule has 0 bridgehead atoms. The van der Waals surface area contributed by atoms with Crippen LogP contribution in [0.4, 0.5) is 34.1 Å². The van der Waals surface area contributed by atoms with E-state index in [1.165, 1.54) is 31.9 Å². The van der Waals surface area contributed by atoms with Crippen LogP contribution in [0.5, 0.6) is 0 Å². The van der Waals surface area contributed by atoms with Gasteiger partial charge in [-0.05, 0) is 117 Å². The number of para-hydroxylation sites is 4. The Morgan fingerprint density at radius 2 is 0.738 bits per heavy atom. The summed E-state index contributed by atoms with van der Waals surface area (Å²) in [6.45, 7) is 0. The number of furan rings is 2. The summed E-state index contributed by atoms with van der Waals surface area (Å²) in [7, 11) is -3.01. The van der Waals surface area contributed by atoms with Crippen LogP contribution in [0.2, 0.25) is 0 Å². The minimum atomic E-state index is -3.01. The Hall–Kier alpha value is -8.38. The van der Waals surface area contributed by atoms with Crippen molar-refractivity contribution < 1.29 is 8.83 Å². The van der Waals surface area contributed by atoms with E-state index < -0.39 is 8.07 Å².